The molecular weight excluding hydrogens is 304 g/mol. The van der Waals surface area contributed by atoms with Gasteiger partial charge in [0.15, 0.2) is 0 Å². The number of piperidine rings is 1. The molecule has 0 N–H and O–H groups in total. The third-order valence-electron chi connectivity index (χ3n) is 4.84. The zero-order valence-electron chi connectivity index (χ0n) is 12.6. The van der Waals surface area contributed by atoms with E-state index >= 15 is 0 Å². The van der Waals surface area contributed by atoms with E-state index in [-0.39, 0.29) is 16.0 Å². The van der Waals surface area contributed by atoms with Gasteiger partial charge in [-0.25, -0.2) is 8.42 Å². The molecule has 0 radical (unpaired) electrons. The summed E-state index contributed by atoms with van der Waals surface area (Å²) in [5, 5.41) is 11.0. The van der Waals surface area contributed by atoms with E-state index in [9.17, 15) is 18.5 Å². The maximum absolute atomic E-state index is 13.0. The van der Waals surface area contributed by atoms with Crippen molar-refractivity contribution in [2.24, 2.45) is 5.41 Å². The van der Waals surface area contributed by atoms with Crippen LogP contribution in [0.5, 0.6) is 0 Å². The Kier molecular flexibility index (Phi) is 3.72. The van der Waals surface area contributed by atoms with E-state index in [1.54, 1.807) is 6.07 Å². The van der Waals surface area contributed by atoms with Gasteiger partial charge in [-0.1, -0.05) is 13.0 Å². The largest absolute Gasteiger partial charge is 0.270 e. The molecule has 1 aliphatic carbocycles. The van der Waals surface area contributed by atoms with Gasteiger partial charge in [0, 0.05) is 25.2 Å². The highest BCUT2D eigenvalue weighted by Gasteiger charge is 2.48. The molecule has 0 bridgehead atoms. The second-order valence-corrected chi connectivity index (χ2v) is 8.25. The Morgan fingerprint density at radius 3 is 2.64 bits per heavy atom. The van der Waals surface area contributed by atoms with Crippen LogP contribution in [-0.4, -0.2) is 30.7 Å². The molecule has 120 valence electrons. The first kappa shape index (κ1) is 15.4. The lowest BCUT2D eigenvalue weighted by Gasteiger charge is -2.32. The van der Waals surface area contributed by atoms with Crippen molar-refractivity contribution in [2.75, 3.05) is 13.1 Å². The summed E-state index contributed by atoms with van der Waals surface area (Å²) in [6.07, 6.45) is 4.68. The van der Waals surface area contributed by atoms with Gasteiger partial charge in [-0.2, -0.15) is 4.31 Å². The number of sulfonamides is 1. The summed E-state index contributed by atoms with van der Waals surface area (Å²) in [7, 11) is -3.66. The summed E-state index contributed by atoms with van der Waals surface area (Å²) in [6, 6.07) is 4.14. The number of hydrogen-bond acceptors (Lipinski definition) is 4. The van der Waals surface area contributed by atoms with E-state index in [1.807, 2.05) is 6.92 Å². The van der Waals surface area contributed by atoms with Crippen LogP contribution in [0.3, 0.4) is 0 Å². The molecule has 7 heteroatoms. The zero-order valence-corrected chi connectivity index (χ0v) is 13.4. The molecule has 2 fully saturated rings. The molecule has 3 rings (SSSR count). The second kappa shape index (κ2) is 5.31. The highest BCUT2D eigenvalue weighted by molar-refractivity contribution is 7.89. The quantitative estimate of drug-likeness (QED) is 0.630. The van der Waals surface area contributed by atoms with Gasteiger partial charge >= 0.3 is 0 Å². The number of benzene rings is 1. The summed E-state index contributed by atoms with van der Waals surface area (Å²) in [6.45, 7) is 2.93. The van der Waals surface area contributed by atoms with Crippen molar-refractivity contribution >= 4 is 15.7 Å². The first-order chi connectivity index (χ1) is 10.4. The predicted molar refractivity (Wildman–Crippen MR) is 82.1 cm³/mol. The van der Waals surface area contributed by atoms with Gasteiger partial charge in [0.05, 0.1) is 9.82 Å². The molecule has 1 saturated heterocycles. The lowest BCUT2D eigenvalue weighted by molar-refractivity contribution is -0.385. The molecule has 1 aliphatic heterocycles. The Hall–Kier alpha value is -1.47. The molecule has 0 atom stereocenters. The molecule has 1 aromatic carbocycles. The number of nitro benzene ring substituents is 1. The van der Waals surface area contributed by atoms with Gasteiger partial charge in [-0.3, -0.25) is 10.1 Å². The first-order valence-corrected chi connectivity index (χ1v) is 9.09. The average Bonchev–Trinajstić information content (AvgIpc) is 3.25. The molecule has 1 aromatic rings. The van der Waals surface area contributed by atoms with E-state index in [2.05, 4.69) is 0 Å². The Bertz CT molecular complexity index is 710. The van der Waals surface area contributed by atoms with Crippen molar-refractivity contribution in [1.82, 2.24) is 4.31 Å². The van der Waals surface area contributed by atoms with Crippen LogP contribution < -0.4 is 0 Å². The van der Waals surface area contributed by atoms with E-state index in [1.165, 1.54) is 16.4 Å². The van der Waals surface area contributed by atoms with Crippen LogP contribution in [0.4, 0.5) is 5.69 Å². The molecule has 1 heterocycles. The fourth-order valence-electron chi connectivity index (χ4n) is 3.28. The lowest BCUT2D eigenvalue weighted by atomic mass is 9.97. The Morgan fingerprint density at radius 2 is 2.05 bits per heavy atom. The Labute approximate surface area is 130 Å². The summed E-state index contributed by atoms with van der Waals surface area (Å²) < 4.78 is 27.5. The Balaban J connectivity index is 2.00. The molecule has 0 amide bonds. The van der Waals surface area contributed by atoms with E-state index in [4.69, 9.17) is 0 Å². The van der Waals surface area contributed by atoms with Gasteiger partial charge in [-0.05, 0) is 43.1 Å². The molecule has 22 heavy (non-hydrogen) atoms. The van der Waals surface area contributed by atoms with Crippen molar-refractivity contribution in [2.45, 2.75) is 43.9 Å². The second-order valence-electron chi connectivity index (χ2n) is 6.34. The lowest BCUT2D eigenvalue weighted by Crippen LogP contribution is -2.41. The minimum absolute atomic E-state index is 0.0990. The van der Waals surface area contributed by atoms with Gasteiger partial charge < -0.3 is 0 Å². The predicted octanol–water partition coefficient (Wildman–Crippen LogP) is 2.72. The topological polar surface area (TPSA) is 80.5 Å². The summed E-state index contributed by atoms with van der Waals surface area (Å²) >= 11 is 0. The van der Waals surface area contributed by atoms with Crippen LogP contribution in [0.25, 0.3) is 0 Å². The molecule has 2 aliphatic rings. The maximum atomic E-state index is 13.0. The van der Waals surface area contributed by atoms with Gasteiger partial charge in [-0.15, -0.1) is 0 Å². The zero-order chi connectivity index (χ0) is 16.0. The maximum Gasteiger partial charge on any atom is 0.270 e. The number of nitrogens with zero attached hydrogens (tertiary/aromatic N) is 2. The summed E-state index contributed by atoms with van der Waals surface area (Å²) in [5.74, 6) is 0. The van der Waals surface area contributed by atoms with Crippen LogP contribution in [0.2, 0.25) is 0 Å². The van der Waals surface area contributed by atoms with Crippen LogP contribution >= 0.6 is 0 Å². The van der Waals surface area contributed by atoms with Gasteiger partial charge in [0.25, 0.3) is 5.69 Å². The standard InChI is InChI=1S/C15H20N2O4S/c1-2-12-4-5-13(17(18)19)10-14(12)22(20,21)16-9-3-6-15(11-16)7-8-15/h4-5,10H,2-3,6-9,11H2,1H3. The van der Waals surface area contributed by atoms with Crippen molar-refractivity contribution < 1.29 is 13.3 Å². The normalized spacial score (nSPS) is 21.0. The fraction of sp³-hybridized carbons (Fsp3) is 0.600. The van der Waals surface area contributed by atoms with Crippen LogP contribution in [0, 0.1) is 15.5 Å². The average molecular weight is 324 g/mol. The monoisotopic (exact) mass is 324 g/mol. The number of non-ortho nitro benzene ring substituents is 1. The third kappa shape index (κ3) is 2.63. The molecule has 6 nitrogen and oxygen atoms in total. The van der Waals surface area contributed by atoms with Crippen molar-refractivity contribution in [3.8, 4) is 0 Å². The van der Waals surface area contributed by atoms with E-state index in [0.717, 1.165) is 25.7 Å². The first-order valence-electron chi connectivity index (χ1n) is 7.65. The number of nitro groups is 1. The van der Waals surface area contributed by atoms with E-state index < -0.39 is 14.9 Å². The molecule has 0 unspecified atom stereocenters. The van der Waals surface area contributed by atoms with Gasteiger partial charge in [0.1, 0.15) is 0 Å². The Morgan fingerprint density at radius 1 is 1.32 bits per heavy atom. The van der Waals surface area contributed by atoms with E-state index in [0.29, 0.717) is 25.1 Å². The van der Waals surface area contributed by atoms with Crippen molar-refractivity contribution in [3.63, 3.8) is 0 Å². The van der Waals surface area contributed by atoms with Crippen LogP contribution in [0.1, 0.15) is 38.2 Å². The smallest absolute Gasteiger partial charge is 0.258 e. The van der Waals surface area contributed by atoms with Crippen molar-refractivity contribution in [1.29, 1.82) is 0 Å². The van der Waals surface area contributed by atoms with Crippen LogP contribution in [-0.2, 0) is 16.4 Å². The molecule has 1 spiro atoms. The molecular formula is C15H20N2O4S. The number of hydrogen-bond donors (Lipinski definition) is 0. The highest BCUT2D eigenvalue weighted by Crippen LogP contribution is 2.52. The number of rotatable bonds is 4. The fourth-order valence-corrected chi connectivity index (χ4v) is 5.19. The third-order valence-corrected chi connectivity index (χ3v) is 6.77. The minimum Gasteiger partial charge on any atom is -0.258 e. The SMILES string of the molecule is CCc1ccc([N+](=O)[O-])cc1S(=O)(=O)N1CCCC2(CC2)C1. The molecule has 1 saturated carbocycles. The minimum atomic E-state index is -3.66. The molecule has 0 aromatic heterocycles. The summed E-state index contributed by atoms with van der Waals surface area (Å²) in [5.41, 5.74) is 0.647. The van der Waals surface area contributed by atoms with Crippen molar-refractivity contribution in [3.05, 3.63) is 33.9 Å². The number of aryl methyl sites for hydroxylation is 1. The van der Waals surface area contributed by atoms with Gasteiger partial charge in [0.2, 0.25) is 10.0 Å². The summed E-state index contributed by atoms with van der Waals surface area (Å²) in [4.78, 5) is 10.5. The highest BCUT2D eigenvalue weighted by atomic mass is 32.2. The van der Waals surface area contributed by atoms with Crippen LogP contribution in [0.15, 0.2) is 23.1 Å².